The fourth-order valence-electron chi connectivity index (χ4n) is 4.05. The molecule has 0 unspecified atom stereocenters. The van der Waals surface area contributed by atoms with E-state index in [0.29, 0.717) is 37.7 Å². The maximum atomic E-state index is 13.2. The molecule has 4 rings (SSSR count). The number of hydrogen-bond acceptors (Lipinski definition) is 6. The molecule has 1 aliphatic heterocycles. The molecule has 1 aliphatic carbocycles. The molecule has 2 aromatic carbocycles. The van der Waals surface area contributed by atoms with Gasteiger partial charge in [0.1, 0.15) is 5.75 Å². The predicted molar refractivity (Wildman–Crippen MR) is 118 cm³/mol. The van der Waals surface area contributed by atoms with Crippen LogP contribution in [0.4, 0.5) is 24.5 Å². The van der Waals surface area contributed by atoms with Gasteiger partial charge in [0, 0.05) is 13.1 Å². The molecule has 0 aromatic heterocycles. The third kappa shape index (κ3) is 5.99. The lowest BCUT2D eigenvalue weighted by molar-refractivity contribution is -0.149. The molecule has 2 aromatic rings. The average molecular weight is 478 g/mol. The number of amides is 1. The Morgan fingerprint density at radius 2 is 1.76 bits per heavy atom. The minimum absolute atomic E-state index is 0.00725. The van der Waals surface area contributed by atoms with E-state index < -0.39 is 30.2 Å². The van der Waals surface area contributed by atoms with Gasteiger partial charge in [-0.2, -0.15) is 13.2 Å². The van der Waals surface area contributed by atoms with Crippen molar-refractivity contribution in [2.75, 3.05) is 49.7 Å². The number of alkyl halides is 3. The third-order valence-corrected chi connectivity index (χ3v) is 5.74. The molecule has 182 valence electrons. The second-order valence-electron chi connectivity index (χ2n) is 8.11. The quantitative estimate of drug-likeness (QED) is 0.613. The summed E-state index contributed by atoms with van der Waals surface area (Å²) in [5, 5.41) is 2.44. The first-order valence-corrected chi connectivity index (χ1v) is 11.0. The largest absolute Gasteiger partial charge is 0.482 e. The highest BCUT2D eigenvalue weighted by Crippen LogP contribution is 2.35. The highest BCUT2D eigenvalue weighted by atomic mass is 19.4. The Morgan fingerprint density at radius 1 is 1.00 bits per heavy atom. The van der Waals surface area contributed by atoms with Crippen LogP contribution in [0.2, 0.25) is 0 Å². The van der Waals surface area contributed by atoms with Crippen molar-refractivity contribution >= 4 is 23.3 Å². The van der Waals surface area contributed by atoms with Gasteiger partial charge >= 0.3 is 12.1 Å². The van der Waals surface area contributed by atoms with Gasteiger partial charge < -0.3 is 24.4 Å². The second-order valence-corrected chi connectivity index (χ2v) is 8.11. The van der Waals surface area contributed by atoms with Crippen molar-refractivity contribution < 1.29 is 37.0 Å². The zero-order valence-corrected chi connectivity index (χ0v) is 18.5. The van der Waals surface area contributed by atoms with Crippen LogP contribution in [-0.2, 0) is 38.1 Å². The van der Waals surface area contributed by atoms with E-state index in [2.05, 4.69) is 5.32 Å². The Hall–Kier alpha value is -3.27. The fourth-order valence-corrected chi connectivity index (χ4v) is 4.05. The summed E-state index contributed by atoms with van der Waals surface area (Å²) in [5.41, 5.74) is 2.02. The predicted octanol–water partition coefficient (Wildman–Crippen LogP) is 3.59. The minimum atomic E-state index is -4.57. The standard InChI is InChI=1S/C24H25F3N2O5/c25-24(26,27)18-5-7-21(29-8-10-32-11-9-29)20(13-18)28-22(30)14-34-23(31)15-33-19-6-4-16-2-1-3-17(16)12-19/h4-7,12-13H,1-3,8-11,14-15H2,(H,28,30). The van der Waals surface area contributed by atoms with Crippen molar-refractivity contribution in [3.63, 3.8) is 0 Å². The van der Waals surface area contributed by atoms with Crippen molar-refractivity contribution in [2.45, 2.75) is 25.4 Å². The molecule has 0 spiro atoms. The van der Waals surface area contributed by atoms with Crippen LogP contribution >= 0.6 is 0 Å². The molecule has 1 heterocycles. The number of morpholine rings is 1. The SMILES string of the molecule is O=C(COC(=O)COc1ccc2c(c1)CCC2)Nc1cc(C(F)(F)F)ccc1N1CCOCC1. The van der Waals surface area contributed by atoms with Crippen LogP contribution in [0.1, 0.15) is 23.1 Å². The molecule has 0 atom stereocenters. The van der Waals surface area contributed by atoms with Crippen LogP contribution in [-0.4, -0.2) is 51.4 Å². The van der Waals surface area contributed by atoms with Gasteiger partial charge in [0.2, 0.25) is 0 Å². The highest BCUT2D eigenvalue weighted by molar-refractivity contribution is 5.96. The van der Waals surface area contributed by atoms with E-state index in [4.69, 9.17) is 14.2 Å². The smallest absolute Gasteiger partial charge is 0.416 e. The van der Waals surface area contributed by atoms with Gasteiger partial charge in [0.25, 0.3) is 5.91 Å². The second kappa shape index (κ2) is 10.3. The fraction of sp³-hybridized carbons (Fsp3) is 0.417. The molecule has 1 fully saturated rings. The van der Waals surface area contributed by atoms with E-state index in [-0.39, 0.29) is 12.3 Å². The minimum Gasteiger partial charge on any atom is -0.482 e. The van der Waals surface area contributed by atoms with E-state index in [0.717, 1.165) is 31.4 Å². The highest BCUT2D eigenvalue weighted by Gasteiger charge is 2.32. The first kappa shape index (κ1) is 23.9. The molecular weight excluding hydrogens is 453 g/mol. The van der Waals surface area contributed by atoms with Crippen LogP contribution < -0.4 is 15.0 Å². The summed E-state index contributed by atoms with van der Waals surface area (Å²) >= 11 is 0. The molecule has 10 heteroatoms. The van der Waals surface area contributed by atoms with Crippen LogP contribution in [0.5, 0.6) is 5.75 Å². The molecular formula is C24H25F3N2O5. The van der Waals surface area contributed by atoms with E-state index in [1.165, 1.54) is 17.2 Å². The van der Waals surface area contributed by atoms with Gasteiger partial charge in [-0.1, -0.05) is 6.07 Å². The molecule has 34 heavy (non-hydrogen) atoms. The summed E-state index contributed by atoms with van der Waals surface area (Å²) in [6.07, 6.45) is -1.47. The summed E-state index contributed by atoms with van der Waals surface area (Å²) in [4.78, 5) is 26.2. The summed E-state index contributed by atoms with van der Waals surface area (Å²) in [6.45, 7) is 0.777. The maximum Gasteiger partial charge on any atom is 0.416 e. The number of aryl methyl sites for hydroxylation is 2. The molecule has 1 amide bonds. The van der Waals surface area contributed by atoms with E-state index in [1.807, 2.05) is 17.0 Å². The molecule has 0 radical (unpaired) electrons. The number of ether oxygens (including phenoxy) is 3. The van der Waals surface area contributed by atoms with E-state index in [1.54, 1.807) is 6.07 Å². The van der Waals surface area contributed by atoms with Crippen molar-refractivity contribution in [2.24, 2.45) is 0 Å². The Bertz CT molecular complexity index is 1050. The van der Waals surface area contributed by atoms with Gasteiger partial charge in [-0.15, -0.1) is 0 Å². The topological polar surface area (TPSA) is 77.1 Å². The van der Waals surface area contributed by atoms with Crippen molar-refractivity contribution in [1.82, 2.24) is 0 Å². The third-order valence-electron chi connectivity index (χ3n) is 5.74. The molecule has 7 nitrogen and oxygen atoms in total. The Morgan fingerprint density at radius 3 is 2.53 bits per heavy atom. The number of benzene rings is 2. The van der Waals surface area contributed by atoms with Gasteiger partial charge in [0.05, 0.1) is 30.2 Å². The molecule has 0 bridgehead atoms. The van der Waals surface area contributed by atoms with E-state index in [9.17, 15) is 22.8 Å². The van der Waals surface area contributed by atoms with Crippen LogP contribution in [0, 0.1) is 0 Å². The number of nitrogens with one attached hydrogen (secondary N) is 1. The zero-order valence-electron chi connectivity index (χ0n) is 18.5. The van der Waals surface area contributed by atoms with Crippen LogP contribution in [0.15, 0.2) is 36.4 Å². The Kier molecular flexibility index (Phi) is 7.26. The van der Waals surface area contributed by atoms with Crippen molar-refractivity contribution in [1.29, 1.82) is 0 Å². The monoisotopic (exact) mass is 478 g/mol. The first-order chi connectivity index (χ1) is 16.3. The molecule has 1 saturated heterocycles. The number of rotatable bonds is 7. The maximum absolute atomic E-state index is 13.2. The number of esters is 1. The molecule has 0 saturated carbocycles. The van der Waals surface area contributed by atoms with Gasteiger partial charge in [-0.3, -0.25) is 4.79 Å². The summed E-state index contributed by atoms with van der Waals surface area (Å²) < 4.78 is 55.3. The number of anilines is 2. The number of nitrogens with zero attached hydrogens (tertiary/aromatic N) is 1. The van der Waals surface area contributed by atoms with Gasteiger partial charge in [0.15, 0.2) is 13.2 Å². The Balaban J connectivity index is 1.33. The normalized spacial score (nSPS) is 15.6. The molecule has 1 N–H and O–H groups in total. The lowest BCUT2D eigenvalue weighted by Gasteiger charge is -2.31. The number of carbonyl (C=O) groups excluding carboxylic acids is 2. The summed E-state index contributed by atoms with van der Waals surface area (Å²) in [6, 6.07) is 8.81. The van der Waals surface area contributed by atoms with Gasteiger partial charge in [-0.25, -0.2) is 4.79 Å². The van der Waals surface area contributed by atoms with Gasteiger partial charge in [-0.05, 0) is 60.7 Å². The Labute approximate surface area is 194 Å². The number of carbonyl (C=O) groups is 2. The van der Waals surface area contributed by atoms with Crippen molar-refractivity contribution in [3.05, 3.63) is 53.1 Å². The van der Waals surface area contributed by atoms with Crippen molar-refractivity contribution in [3.8, 4) is 5.75 Å². The number of fused-ring (bicyclic) bond motifs is 1. The lowest BCUT2D eigenvalue weighted by Crippen LogP contribution is -2.37. The van der Waals surface area contributed by atoms with Crippen LogP contribution in [0.3, 0.4) is 0 Å². The molecule has 2 aliphatic rings. The van der Waals surface area contributed by atoms with E-state index >= 15 is 0 Å². The summed E-state index contributed by atoms with van der Waals surface area (Å²) in [7, 11) is 0. The lowest BCUT2D eigenvalue weighted by atomic mass is 10.1. The summed E-state index contributed by atoms with van der Waals surface area (Å²) in [5.74, 6) is -0.964. The number of halogens is 3. The zero-order chi connectivity index (χ0) is 24.1. The average Bonchev–Trinajstić information content (AvgIpc) is 3.29. The van der Waals surface area contributed by atoms with Crippen LogP contribution in [0.25, 0.3) is 0 Å². The number of hydrogen-bond donors (Lipinski definition) is 1. The first-order valence-electron chi connectivity index (χ1n) is 11.0.